The lowest BCUT2D eigenvalue weighted by molar-refractivity contribution is -0.208. The quantitative estimate of drug-likeness (QED) is 0.255. The molecule has 1 saturated carbocycles. The number of epoxide rings is 1. The zero-order valence-corrected chi connectivity index (χ0v) is 21.3. The molecule has 0 bridgehead atoms. The maximum Gasteiger partial charge on any atom is 0.334 e. The molecule has 8 atom stereocenters. The predicted octanol–water partition coefficient (Wildman–Crippen LogP) is 2.95. The van der Waals surface area contributed by atoms with E-state index in [1.165, 1.54) is 20.8 Å². The van der Waals surface area contributed by atoms with Crippen LogP contribution in [0.25, 0.3) is 0 Å². The Hall–Kier alpha value is -2.68. The van der Waals surface area contributed by atoms with Crippen LogP contribution >= 0.6 is 0 Å². The van der Waals surface area contributed by atoms with Gasteiger partial charge in [-0.2, -0.15) is 0 Å². The van der Waals surface area contributed by atoms with E-state index >= 15 is 0 Å². The highest BCUT2D eigenvalue weighted by Crippen LogP contribution is 2.63. The Morgan fingerprint density at radius 1 is 0.971 bits per heavy atom. The van der Waals surface area contributed by atoms with E-state index in [-0.39, 0.29) is 24.4 Å². The average molecular weight is 491 g/mol. The van der Waals surface area contributed by atoms with Crippen molar-refractivity contribution in [3.05, 3.63) is 22.8 Å². The van der Waals surface area contributed by atoms with Crippen molar-refractivity contribution < 1.29 is 42.9 Å². The summed E-state index contributed by atoms with van der Waals surface area (Å²) in [5, 5.41) is 0. The van der Waals surface area contributed by atoms with Gasteiger partial charge in [0.25, 0.3) is 0 Å². The smallest absolute Gasteiger partial charge is 0.334 e. The van der Waals surface area contributed by atoms with Gasteiger partial charge in [0.15, 0.2) is 0 Å². The number of hydrogen-bond acceptors (Lipinski definition) is 9. The second kappa shape index (κ2) is 8.76. The first-order valence-corrected chi connectivity index (χ1v) is 12.0. The van der Waals surface area contributed by atoms with E-state index in [4.69, 9.17) is 23.7 Å². The molecule has 2 aliphatic heterocycles. The van der Waals surface area contributed by atoms with Crippen molar-refractivity contribution in [2.45, 2.75) is 104 Å². The van der Waals surface area contributed by atoms with Crippen LogP contribution in [0, 0.1) is 11.3 Å². The zero-order valence-electron chi connectivity index (χ0n) is 21.3. The normalized spacial score (nSPS) is 40.3. The van der Waals surface area contributed by atoms with E-state index < -0.39 is 53.3 Å². The highest BCUT2D eigenvalue weighted by molar-refractivity contribution is 5.92. The summed E-state index contributed by atoms with van der Waals surface area (Å²) in [6.45, 7) is 11.4. The molecule has 0 radical (unpaired) electrons. The van der Waals surface area contributed by atoms with Crippen LogP contribution in [-0.4, -0.2) is 60.0 Å². The van der Waals surface area contributed by atoms with Crippen molar-refractivity contribution in [1.82, 2.24) is 0 Å². The van der Waals surface area contributed by atoms with Gasteiger partial charge < -0.3 is 23.7 Å². The Morgan fingerprint density at radius 2 is 1.60 bits per heavy atom. The summed E-state index contributed by atoms with van der Waals surface area (Å²) < 4.78 is 29.4. The number of carbonyl (C=O) groups is 4. The van der Waals surface area contributed by atoms with E-state index in [2.05, 4.69) is 0 Å². The summed E-state index contributed by atoms with van der Waals surface area (Å²) in [7, 11) is 0. The third-order valence-electron chi connectivity index (χ3n) is 8.16. The predicted molar refractivity (Wildman–Crippen MR) is 122 cm³/mol. The summed E-state index contributed by atoms with van der Waals surface area (Å²) in [4.78, 5) is 49.3. The molecule has 192 valence electrons. The summed E-state index contributed by atoms with van der Waals surface area (Å²) in [6.07, 6.45) is -0.245. The number of esters is 4. The van der Waals surface area contributed by atoms with Crippen molar-refractivity contribution in [2.24, 2.45) is 11.3 Å². The van der Waals surface area contributed by atoms with Gasteiger partial charge in [0.1, 0.15) is 24.4 Å². The summed E-state index contributed by atoms with van der Waals surface area (Å²) in [5.74, 6) is -2.25. The molecule has 2 aliphatic carbocycles. The summed E-state index contributed by atoms with van der Waals surface area (Å²) in [6, 6.07) is 0. The monoisotopic (exact) mass is 490 g/mol. The van der Waals surface area contributed by atoms with E-state index in [9.17, 15) is 19.2 Å². The van der Waals surface area contributed by atoms with Gasteiger partial charge in [0.05, 0.1) is 17.1 Å². The minimum absolute atomic E-state index is 0.160. The minimum atomic E-state index is -1.000. The third-order valence-corrected chi connectivity index (χ3v) is 8.16. The zero-order chi connectivity index (χ0) is 25.9. The van der Waals surface area contributed by atoms with Crippen LogP contribution in [0.5, 0.6) is 0 Å². The van der Waals surface area contributed by atoms with Crippen molar-refractivity contribution in [2.75, 3.05) is 0 Å². The Labute approximate surface area is 205 Å². The van der Waals surface area contributed by atoms with Gasteiger partial charge in [-0.05, 0) is 38.8 Å². The molecule has 35 heavy (non-hydrogen) atoms. The molecule has 0 amide bonds. The van der Waals surface area contributed by atoms with Gasteiger partial charge in [-0.25, -0.2) is 4.79 Å². The number of ether oxygens (including phenoxy) is 5. The highest BCUT2D eigenvalue weighted by atomic mass is 16.6. The van der Waals surface area contributed by atoms with E-state index in [1.807, 2.05) is 26.8 Å². The standard InChI is InChI=1S/C26H34O9/c1-12-8-18-17(13(2)24(30)34-18)10-20-25(6,21(32-15(4)28)11-22-26(20,7)35-22)23(33-16(5)29)19(9-12)31-14(3)27/h8,18-23H,9-11H2,1-7H3. The second-order valence-electron chi connectivity index (χ2n) is 10.6. The Morgan fingerprint density at radius 3 is 2.20 bits per heavy atom. The summed E-state index contributed by atoms with van der Waals surface area (Å²) >= 11 is 0. The van der Waals surface area contributed by atoms with E-state index in [1.54, 1.807) is 6.92 Å². The number of hydrogen-bond donors (Lipinski definition) is 0. The van der Waals surface area contributed by atoms with Gasteiger partial charge >= 0.3 is 23.9 Å². The molecule has 0 aromatic carbocycles. The number of rotatable bonds is 3. The fourth-order valence-corrected chi connectivity index (χ4v) is 6.42. The van der Waals surface area contributed by atoms with Crippen LogP contribution in [0.2, 0.25) is 0 Å². The van der Waals surface area contributed by atoms with Crippen LogP contribution in [0.1, 0.15) is 67.7 Å². The summed E-state index contributed by atoms with van der Waals surface area (Å²) in [5.41, 5.74) is 0.578. The molecule has 0 aromatic heterocycles. The average Bonchev–Trinajstić information content (AvgIpc) is 3.31. The largest absolute Gasteiger partial charge is 0.462 e. The number of fused-ring (bicyclic) bond motifs is 4. The molecule has 8 unspecified atom stereocenters. The Kier molecular flexibility index (Phi) is 6.36. The molecular formula is C26H34O9. The highest BCUT2D eigenvalue weighted by Gasteiger charge is 2.72. The van der Waals surface area contributed by atoms with Crippen LogP contribution in [0.15, 0.2) is 22.8 Å². The lowest BCUT2D eigenvalue weighted by atomic mass is 9.55. The van der Waals surface area contributed by atoms with Crippen LogP contribution in [0.4, 0.5) is 0 Å². The first-order valence-electron chi connectivity index (χ1n) is 12.0. The molecule has 0 N–H and O–H groups in total. The number of carbonyl (C=O) groups excluding carboxylic acids is 4. The lowest BCUT2D eigenvalue weighted by Gasteiger charge is -2.52. The van der Waals surface area contributed by atoms with Crippen molar-refractivity contribution in [3.8, 4) is 0 Å². The maximum atomic E-state index is 12.5. The molecule has 2 heterocycles. The Balaban J connectivity index is 1.94. The van der Waals surface area contributed by atoms with Gasteiger partial charge in [0.2, 0.25) is 0 Å². The minimum Gasteiger partial charge on any atom is -0.462 e. The van der Waals surface area contributed by atoms with Gasteiger partial charge in [-0.15, -0.1) is 0 Å². The molecule has 1 saturated heterocycles. The molecule has 9 heteroatoms. The maximum absolute atomic E-state index is 12.5. The fourth-order valence-electron chi connectivity index (χ4n) is 6.42. The van der Waals surface area contributed by atoms with Crippen molar-refractivity contribution in [1.29, 1.82) is 0 Å². The fraction of sp³-hybridized carbons (Fsp3) is 0.692. The van der Waals surface area contributed by atoms with Crippen molar-refractivity contribution in [3.63, 3.8) is 0 Å². The molecule has 9 nitrogen and oxygen atoms in total. The topological polar surface area (TPSA) is 118 Å². The molecule has 0 aromatic rings. The van der Waals surface area contributed by atoms with Gasteiger partial charge in [0, 0.05) is 45.1 Å². The molecular weight excluding hydrogens is 456 g/mol. The van der Waals surface area contributed by atoms with Crippen LogP contribution in [-0.2, 0) is 42.9 Å². The lowest BCUT2D eigenvalue weighted by Crippen LogP contribution is -2.62. The van der Waals surface area contributed by atoms with Crippen molar-refractivity contribution >= 4 is 23.9 Å². The van der Waals surface area contributed by atoms with Crippen LogP contribution in [0.3, 0.4) is 0 Å². The van der Waals surface area contributed by atoms with Crippen LogP contribution < -0.4 is 0 Å². The van der Waals surface area contributed by atoms with E-state index in [0.29, 0.717) is 18.4 Å². The molecule has 4 rings (SSSR count). The Bertz CT molecular complexity index is 1030. The first kappa shape index (κ1) is 25.4. The third kappa shape index (κ3) is 4.39. The molecule has 2 fully saturated rings. The second-order valence-corrected chi connectivity index (χ2v) is 10.6. The SMILES string of the molecule is CC(=O)OC1CC(C)=CC2OC(=O)C(C)=C2CC2C3(C)OC3CC(OC(C)=O)C2(C)C1OC(C)=O. The van der Waals surface area contributed by atoms with Gasteiger partial charge in [-0.3, -0.25) is 14.4 Å². The molecule has 0 spiro atoms. The molecule has 4 aliphatic rings. The first-order chi connectivity index (χ1) is 16.3. The van der Waals surface area contributed by atoms with Gasteiger partial charge in [-0.1, -0.05) is 12.5 Å². The van der Waals surface area contributed by atoms with E-state index in [0.717, 1.165) is 11.1 Å².